The van der Waals surface area contributed by atoms with E-state index < -0.39 is 0 Å². The van der Waals surface area contributed by atoms with Crippen molar-refractivity contribution in [3.63, 3.8) is 0 Å². The summed E-state index contributed by atoms with van der Waals surface area (Å²) in [5, 5.41) is 14.3. The van der Waals surface area contributed by atoms with Crippen LogP contribution < -0.4 is 10.9 Å². The van der Waals surface area contributed by atoms with Gasteiger partial charge in [0.2, 0.25) is 11.7 Å². The van der Waals surface area contributed by atoms with Crippen LogP contribution in [0.15, 0.2) is 45.7 Å². The number of hydrogen-bond donors (Lipinski definition) is 1. The summed E-state index contributed by atoms with van der Waals surface area (Å²) in [4.78, 5) is 25.2. The third kappa shape index (κ3) is 4.03. The number of halogens is 1. The maximum Gasteiger partial charge on any atom is 0.272 e. The van der Waals surface area contributed by atoms with Crippen LogP contribution in [0, 0.1) is 0 Å². The monoisotopic (exact) mass is 447 g/mol. The van der Waals surface area contributed by atoms with Crippen LogP contribution in [0.3, 0.4) is 0 Å². The first-order valence-electron chi connectivity index (χ1n) is 9.12. The number of aryl methyl sites for hydroxylation is 1. The fourth-order valence-electron chi connectivity index (χ4n) is 3.00. The maximum absolute atomic E-state index is 12.8. The molecule has 0 bridgehead atoms. The van der Waals surface area contributed by atoms with Crippen LogP contribution >= 0.6 is 34.7 Å². The summed E-state index contributed by atoms with van der Waals surface area (Å²) in [6.45, 7) is 2.67. The van der Waals surface area contributed by atoms with Crippen LogP contribution in [-0.2, 0) is 11.3 Å². The van der Waals surface area contributed by atoms with Crippen LogP contribution in [0.5, 0.6) is 0 Å². The molecule has 3 heterocycles. The number of rotatable bonds is 7. The lowest BCUT2D eigenvalue weighted by Gasteiger charge is -2.09. The summed E-state index contributed by atoms with van der Waals surface area (Å²) in [5.74, 6) is 0.495. The van der Waals surface area contributed by atoms with Gasteiger partial charge in [0.15, 0.2) is 5.16 Å². The number of anilines is 1. The van der Waals surface area contributed by atoms with Crippen molar-refractivity contribution in [3.05, 3.63) is 51.1 Å². The van der Waals surface area contributed by atoms with Gasteiger partial charge in [0.25, 0.3) is 5.56 Å². The number of hydrogen-bond acceptors (Lipinski definition) is 6. The summed E-state index contributed by atoms with van der Waals surface area (Å²) in [6.07, 6.45) is 1.85. The van der Waals surface area contributed by atoms with Gasteiger partial charge in [-0.3, -0.25) is 18.6 Å². The van der Waals surface area contributed by atoms with Gasteiger partial charge in [-0.05, 0) is 36.1 Å². The standard InChI is InChI=1S/C19H18ClN5O2S2/c1-2-3-8-24-17(27)16-14(7-9-28-16)25-18(24)22-23-19(25)29-11-15(26)21-13-6-4-5-12(20)10-13/h4-7,9-10H,2-3,8,11H2,1H3,(H,21,26). The van der Waals surface area contributed by atoms with E-state index in [4.69, 9.17) is 11.6 Å². The van der Waals surface area contributed by atoms with Crippen molar-refractivity contribution in [2.24, 2.45) is 0 Å². The second-order valence-electron chi connectivity index (χ2n) is 6.41. The molecule has 1 aromatic carbocycles. The Kier molecular flexibility index (Phi) is 5.89. The summed E-state index contributed by atoms with van der Waals surface area (Å²) in [7, 11) is 0. The number of benzene rings is 1. The highest BCUT2D eigenvalue weighted by Crippen LogP contribution is 2.25. The molecular weight excluding hydrogens is 430 g/mol. The number of amides is 1. The zero-order valence-corrected chi connectivity index (χ0v) is 18.0. The lowest BCUT2D eigenvalue weighted by atomic mass is 10.3. The van der Waals surface area contributed by atoms with E-state index >= 15 is 0 Å². The largest absolute Gasteiger partial charge is 0.325 e. The number of fused-ring (bicyclic) bond motifs is 3. The van der Waals surface area contributed by atoms with Gasteiger partial charge in [-0.2, -0.15) is 0 Å². The number of thioether (sulfide) groups is 1. The fourth-order valence-corrected chi connectivity index (χ4v) is 4.76. The predicted molar refractivity (Wildman–Crippen MR) is 118 cm³/mol. The topological polar surface area (TPSA) is 81.3 Å². The average Bonchev–Trinajstić information content (AvgIpc) is 3.33. The highest BCUT2D eigenvalue weighted by molar-refractivity contribution is 7.99. The van der Waals surface area contributed by atoms with Crippen molar-refractivity contribution >= 4 is 62.3 Å². The Balaban J connectivity index is 1.62. The van der Waals surface area contributed by atoms with Gasteiger partial charge >= 0.3 is 0 Å². The molecule has 4 rings (SSSR count). The highest BCUT2D eigenvalue weighted by atomic mass is 35.5. The van der Waals surface area contributed by atoms with E-state index in [-0.39, 0.29) is 17.2 Å². The van der Waals surface area contributed by atoms with Crippen molar-refractivity contribution in [1.29, 1.82) is 0 Å². The molecular formula is C19H18ClN5O2S2. The summed E-state index contributed by atoms with van der Waals surface area (Å²) in [5.41, 5.74) is 1.37. The molecule has 4 aromatic rings. The zero-order chi connectivity index (χ0) is 20.4. The number of carbonyl (C=O) groups is 1. The average molecular weight is 448 g/mol. The molecule has 0 radical (unpaired) electrons. The van der Waals surface area contributed by atoms with Gasteiger partial charge in [0.1, 0.15) is 4.70 Å². The first-order valence-corrected chi connectivity index (χ1v) is 11.4. The number of nitrogens with one attached hydrogen (secondary N) is 1. The van der Waals surface area contributed by atoms with Crippen molar-refractivity contribution in [2.45, 2.75) is 31.5 Å². The first-order chi connectivity index (χ1) is 14.1. The Morgan fingerprint density at radius 3 is 2.97 bits per heavy atom. The number of unbranched alkanes of at least 4 members (excludes halogenated alkanes) is 1. The maximum atomic E-state index is 12.8. The number of nitrogens with zero attached hydrogens (tertiary/aromatic N) is 4. The Bertz CT molecular complexity index is 1250. The van der Waals surface area contributed by atoms with E-state index in [2.05, 4.69) is 22.4 Å². The molecule has 0 aliphatic carbocycles. The number of thiophene rings is 1. The zero-order valence-electron chi connectivity index (χ0n) is 15.6. The molecule has 29 heavy (non-hydrogen) atoms. The quantitative estimate of drug-likeness (QED) is 0.427. The Hall–Kier alpha value is -2.36. The molecule has 1 amide bonds. The number of aromatic nitrogens is 4. The lowest BCUT2D eigenvalue weighted by Crippen LogP contribution is -2.22. The fraction of sp³-hybridized carbons (Fsp3) is 0.263. The minimum Gasteiger partial charge on any atom is -0.325 e. The molecule has 0 saturated carbocycles. The van der Waals surface area contributed by atoms with Crippen molar-refractivity contribution < 1.29 is 4.79 Å². The minimum absolute atomic E-state index is 0.0430. The van der Waals surface area contributed by atoms with Gasteiger partial charge in [-0.15, -0.1) is 21.5 Å². The minimum atomic E-state index is -0.171. The van der Waals surface area contributed by atoms with Gasteiger partial charge < -0.3 is 5.32 Å². The van der Waals surface area contributed by atoms with Crippen LogP contribution in [0.1, 0.15) is 19.8 Å². The first kappa shape index (κ1) is 19.9. The van der Waals surface area contributed by atoms with Gasteiger partial charge in [0, 0.05) is 17.3 Å². The molecule has 150 valence electrons. The molecule has 7 nitrogen and oxygen atoms in total. The van der Waals surface area contributed by atoms with E-state index in [1.54, 1.807) is 28.8 Å². The van der Waals surface area contributed by atoms with E-state index in [1.165, 1.54) is 23.1 Å². The molecule has 0 spiro atoms. The Morgan fingerprint density at radius 1 is 1.31 bits per heavy atom. The Morgan fingerprint density at radius 2 is 2.17 bits per heavy atom. The van der Waals surface area contributed by atoms with Gasteiger partial charge in [-0.25, -0.2) is 0 Å². The third-order valence-electron chi connectivity index (χ3n) is 4.36. The molecule has 0 unspecified atom stereocenters. The highest BCUT2D eigenvalue weighted by Gasteiger charge is 2.18. The lowest BCUT2D eigenvalue weighted by molar-refractivity contribution is -0.113. The molecule has 0 fully saturated rings. The summed E-state index contributed by atoms with van der Waals surface area (Å²) < 4.78 is 4.20. The van der Waals surface area contributed by atoms with Crippen LogP contribution in [0.4, 0.5) is 5.69 Å². The van der Waals surface area contributed by atoms with Gasteiger partial charge in [0.05, 0.1) is 11.3 Å². The Labute approximate surface area is 179 Å². The normalized spacial score (nSPS) is 11.4. The molecule has 0 atom stereocenters. The molecule has 0 aliphatic heterocycles. The summed E-state index contributed by atoms with van der Waals surface area (Å²) >= 11 is 8.64. The second kappa shape index (κ2) is 8.56. The molecule has 0 aliphatic rings. The van der Waals surface area contributed by atoms with E-state index in [1.807, 2.05) is 15.8 Å². The van der Waals surface area contributed by atoms with Crippen molar-refractivity contribution in [2.75, 3.05) is 11.1 Å². The third-order valence-corrected chi connectivity index (χ3v) is 6.41. The van der Waals surface area contributed by atoms with Crippen LogP contribution in [-0.4, -0.2) is 30.8 Å². The predicted octanol–water partition coefficient (Wildman–Crippen LogP) is 4.29. The van der Waals surface area contributed by atoms with Crippen molar-refractivity contribution in [1.82, 2.24) is 19.2 Å². The second-order valence-corrected chi connectivity index (χ2v) is 8.71. The number of carbonyl (C=O) groups excluding carboxylic acids is 1. The smallest absolute Gasteiger partial charge is 0.272 e. The van der Waals surface area contributed by atoms with E-state index in [0.717, 1.165) is 18.4 Å². The molecule has 3 aromatic heterocycles. The van der Waals surface area contributed by atoms with Gasteiger partial charge in [-0.1, -0.05) is 42.8 Å². The summed E-state index contributed by atoms with van der Waals surface area (Å²) in [6, 6.07) is 8.89. The van der Waals surface area contributed by atoms with Crippen LogP contribution in [0.25, 0.3) is 16.0 Å². The molecule has 10 heteroatoms. The van der Waals surface area contributed by atoms with E-state index in [9.17, 15) is 9.59 Å². The molecule has 1 N–H and O–H groups in total. The molecule has 0 saturated heterocycles. The SMILES string of the molecule is CCCCn1c(=O)c2sccc2n2c(SCC(=O)Nc3cccc(Cl)c3)nnc12. The van der Waals surface area contributed by atoms with E-state index in [0.29, 0.717) is 32.9 Å². The van der Waals surface area contributed by atoms with Crippen molar-refractivity contribution in [3.8, 4) is 0 Å². The van der Waals surface area contributed by atoms with Crippen LogP contribution in [0.2, 0.25) is 5.02 Å².